The van der Waals surface area contributed by atoms with E-state index in [1.54, 1.807) is 0 Å². The summed E-state index contributed by atoms with van der Waals surface area (Å²) in [7, 11) is 0. The van der Waals surface area contributed by atoms with Gasteiger partial charge in [-0.2, -0.15) is 0 Å². The quantitative estimate of drug-likeness (QED) is 0.163. The van der Waals surface area contributed by atoms with E-state index in [0.29, 0.717) is 18.6 Å². The van der Waals surface area contributed by atoms with Gasteiger partial charge >= 0.3 is 5.97 Å². The summed E-state index contributed by atoms with van der Waals surface area (Å²) in [5.74, 6) is 0.0332. The Balaban J connectivity index is 1.31. The summed E-state index contributed by atoms with van der Waals surface area (Å²) in [5.41, 5.74) is 0. The number of hydrogen-bond acceptors (Lipinski definition) is 3. The summed E-state index contributed by atoms with van der Waals surface area (Å²) < 4.78 is 11.4. The van der Waals surface area contributed by atoms with E-state index in [1.807, 2.05) is 0 Å². The zero-order valence-electron chi connectivity index (χ0n) is 17.9. The predicted molar refractivity (Wildman–Crippen MR) is 112 cm³/mol. The molecule has 0 aromatic rings. The molecule has 0 aromatic carbocycles. The van der Waals surface area contributed by atoms with Crippen LogP contribution in [0.5, 0.6) is 0 Å². The van der Waals surface area contributed by atoms with E-state index in [2.05, 4.69) is 6.92 Å². The highest BCUT2D eigenvalue weighted by atomic mass is 16.6. The Labute approximate surface area is 168 Å². The molecule has 2 rings (SSSR count). The molecular weight excluding hydrogens is 336 g/mol. The molecule has 3 nitrogen and oxygen atoms in total. The lowest BCUT2D eigenvalue weighted by Gasteiger charge is -2.21. The number of unbranched alkanes of at least 4 members (excludes halogenated alkanes) is 9. The van der Waals surface area contributed by atoms with Crippen molar-refractivity contribution in [1.82, 2.24) is 0 Å². The molecule has 1 aliphatic heterocycles. The number of hydrogen-bond donors (Lipinski definition) is 0. The van der Waals surface area contributed by atoms with Crippen molar-refractivity contribution in [2.24, 2.45) is 0 Å². The van der Waals surface area contributed by atoms with Crippen LogP contribution in [0.3, 0.4) is 0 Å². The van der Waals surface area contributed by atoms with E-state index in [4.69, 9.17) is 9.47 Å². The van der Waals surface area contributed by atoms with Gasteiger partial charge in [0.25, 0.3) is 0 Å². The predicted octanol–water partition coefficient (Wildman–Crippen LogP) is 7.11. The van der Waals surface area contributed by atoms with Crippen molar-refractivity contribution in [2.75, 3.05) is 0 Å². The molecule has 1 aliphatic carbocycles. The number of rotatable bonds is 16. The average molecular weight is 381 g/mol. The third-order valence-corrected chi connectivity index (χ3v) is 6.25. The van der Waals surface area contributed by atoms with E-state index in [9.17, 15) is 4.79 Å². The molecule has 0 spiro atoms. The fraction of sp³-hybridized carbons (Fsp3) is 0.958. The first-order chi connectivity index (χ1) is 13.3. The molecule has 2 fully saturated rings. The first-order valence-corrected chi connectivity index (χ1v) is 12.1. The molecule has 0 N–H and O–H groups in total. The Bertz CT molecular complexity index is 376. The molecular formula is C24H44O3. The Morgan fingerprint density at radius 3 is 1.96 bits per heavy atom. The fourth-order valence-electron chi connectivity index (χ4n) is 4.39. The lowest BCUT2D eigenvalue weighted by Crippen LogP contribution is -2.20. The molecule has 0 bridgehead atoms. The molecule has 27 heavy (non-hydrogen) atoms. The third-order valence-electron chi connectivity index (χ3n) is 6.25. The number of epoxide rings is 1. The van der Waals surface area contributed by atoms with Crippen molar-refractivity contribution in [3.05, 3.63) is 0 Å². The van der Waals surface area contributed by atoms with Crippen molar-refractivity contribution < 1.29 is 14.3 Å². The Hall–Kier alpha value is -0.570. The highest BCUT2D eigenvalue weighted by molar-refractivity contribution is 5.69. The van der Waals surface area contributed by atoms with Crippen LogP contribution in [0.25, 0.3) is 0 Å². The first-order valence-electron chi connectivity index (χ1n) is 12.1. The van der Waals surface area contributed by atoms with Crippen LogP contribution in [0.2, 0.25) is 0 Å². The first kappa shape index (κ1) is 22.7. The van der Waals surface area contributed by atoms with Crippen LogP contribution in [-0.4, -0.2) is 24.3 Å². The maximum absolute atomic E-state index is 11.9. The molecule has 158 valence electrons. The minimum Gasteiger partial charge on any atom is -0.462 e. The highest BCUT2D eigenvalue weighted by Crippen LogP contribution is 2.32. The molecule has 2 aliphatic rings. The largest absolute Gasteiger partial charge is 0.462 e. The van der Waals surface area contributed by atoms with Crippen LogP contribution in [0.4, 0.5) is 0 Å². The van der Waals surface area contributed by atoms with Gasteiger partial charge in [0.05, 0.1) is 12.2 Å². The van der Waals surface area contributed by atoms with Gasteiger partial charge in [0.2, 0.25) is 0 Å². The summed E-state index contributed by atoms with van der Waals surface area (Å²) in [5, 5.41) is 0. The minimum atomic E-state index is 0.0332. The van der Waals surface area contributed by atoms with Crippen molar-refractivity contribution in [3.63, 3.8) is 0 Å². The van der Waals surface area contributed by atoms with Crippen molar-refractivity contribution in [2.45, 2.75) is 147 Å². The maximum atomic E-state index is 11.9. The number of carbonyl (C=O) groups is 1. The summed E-state index contributed by atoms with van der Waals surface area (Å²) in [6, 6.07) is 0. The summed E-state index contributed by atoms with van der Waals surface area (Å²) in [6.07, 6.45) is 24.6. The summed E-state index contributed by atoms with van der Waals surface area (Å²) >= 11 is 0. The molecule has 0 amide bonds. The SMILES string of the molecule is CCCCCCCCC1OC1CCCCCCCC(=O)OC1CCCCC1. The van der Waals surface area contributed by atoms with Crippen LogP contribution < -0.4 is 0 Å². The van der Waals surface area contributed by atoms with Gasteiger partial charge in [-0.3, -0.25) is 4.79 Å². The molecule has 1 heterocycles. The van der Waals surface area contributed by atoms with Gasteiger partial charge < -0.3 is 9.47 Å². The number of ether oxygens (including phenoxy) is 2. The normalized spacial score (nSPS) is 22.7. The second kappa shape index (κ2) is 14.4. The molecule has 0 radical (unpaired) electrons. The van der Waals surface area contributed by atoms with Crippen molar-refractivity contribution in [1.29, 1.82) is 0 Å². The smallest absolute Gasteiger partial charge is 0.306 e. The van der Waals surface area contributed by atoms with E-state index < -0.39 is 0 Å². The zero-order chi connectivity index (χ0) is 19.2. The molecule has 0 aromatic heterocycles. The lowest BCUT2D eigenvalue weighted by atomic mass is 9.98. The Kier molecular flexibility index (Phi) is 12.1. The summed E-state index contributed by atoms with van der Waals surface area (Å²) in [6.45, 7) is 2.27. The van der Waals surface area contributed by atoms with E-state index in [0.717, 1.165) is 25.7 Å². The monoisotopic (exact) mass is 380 g/mol. The van der Waals surface area contributed by atoms with E-state index >= 15 is 0 Å². The van der Waals surface area contributed by atoms with E-state index in [1.165, 1.54) is 89.9 Å². The Morgan fingerprint density at radius 1 is 0.778 bits per heavy atom. The van der Waals surface area contributed by atoms with Crippen molar-refractivity contribution >= 4 is 5.97 Å². The van der Waals surface area contributed by atoms with Crippen LogP contribution in [0.15, 0.2) is 0 Å². The molecule has 2 atom stereocenters. The van der Waals surface area contributed by atoms with Crippen LogP contribution in [0.1, 0.15) is 129 Å². The second-order valence-corrected chi connectivity index (χ2v) is 8.83. The van der Waals surface area contributed by atoms with Gasteiger partial charge in [0.1, 0.15) is 6.10 Å². The van der Waals surface area contributed by atoms with Gasteiger partial charge in [-0.15, -0.1) is 0 Å². The van der Waals surface area contributed by atoms with Gasteiger partial charge in [0, 0.05) is 6.42 Å². The molecule has 1 saturated carbocycles. The second-order valence-electron chi connectivity index (χ2n) is 8.83. The molecule has 2 unspecified atom stereocenters. The minimum absolute atomic E-state index is 0.0332. The third kappa shape index (κ3) is 11.1. The lowest BCUT2D eigenvalue weighted by molar-refractivity contribution is -0.150. The fourth-order valence-corrected chi connectivity index (χ4v) is 4.39. The van der Waals surface area contributed by atoms with Crippen LogP contribution >= 0.6 is 0 Å². The van der Waals surface area contributed by atoms with Crippen molar-refractivity contribution in [3.8, 4) is 0 Å². The molecule has 3 heteroatoms. The van der Waals surface area contributed by atoms with Gasteiger partial charge in [-0.05, 0) is 44.9 Å². The zero-order valence-corrected chi connectivity index (χ0v) is 17.9. The van der Waals surface area contributed by atoms with Gasteiger partial charge in [-0.1, -0.05) is 77.6 Å². The Morgan fingerprint density at radius 2 is 1.33 bits per heavy atom. The maximum Gasteiger partial charge on any atom is 0.306 e. The van der Waals surface area contributed by atoms with Gasteiger partial charge in [0.15, 0.2) is 0 Å². The summed E-state index contributed by atoms with van der Waals surface area (Å²) in [4.78, 5) is 11.9. The van der Waals surface area contributed by atoms with Gasteiger partial charge in [-0.25, -0.2) is 0 Å². The van der Waals surface area contributed by atoms with Crippen LogP contribution in [0, 0.1) is 0 Å². The standard InChI is InChI=1S/C24H44O3/c1-2-3-4-5-7-13-18-22-23(27-22)19-14-8-6-9-15-20-24(25)26-21-16-11-10-12-17-21/h21-23H,2-20H2,1H3. The topological polar surface area (TPSA) is 38.8 Å². The highest BCUT2D eigenvalue weighted by Gasteiger charge is 2.36. The number of carbonyl (C=O) groups excluding carboxylic acids is 1. The van der Waals surface area contributed by atoms with Crippen LogP contribution in [-0.2, 0) is 14.3 Å². The molecule has 1 saturated heterocycles. The average Bonchev–Trinajstić information content (AvgIpc) is 3.43. The number of esters is 1. The van der Waals surface area contributed by atoms with E-state index in [-0.39, 0.29) is 12.1 Å².